The zero-order chi connectivity index (χ0) is 27.8. The van der Waals surface area contributed by atoms with Crippen LogP contribution in [0.2, 0.25) is 18.1 Å². The topological polar surface area (TPSA) is 45.2 Å². The fourth-order valence-electron chi connectivity index (χ4n) is 3.85. The number of amides is 1. The van der Waals surface area contributed by atoms with Crippen molar-refractivity contribution in [2.75, 3.05) is 42.9 Å². The normalized spacial score (nSPS) is 12.9. The van der Waals surface area contributed by atoms with Crippen molar-refractivity contribution in [1.82, 2.24) is 0 Å². The molecule has 202 valence electrons. The highest BCUT2D eigenvalue weighted by Gasteiger charge is 2.39. The van der Waals surface area contributed by atoms with E-state index >= 15 is 0 Å². The van der Waals surface area contributed by atoms with Crippen LogP contribution in [-0.2, 0) is 11.3 Å². The highest BCUT2D eigenvalue weighted by atomic mass is 32.2. The van der Waals surface area contributed by atoms with E-state index in [1.165, 1.54) is 0 Å². The van der Waals surface area contributed by atoms with E-state index in [0.717, 1.165) is 43.9 Å². The molecule has 1 heterocycles. The maximum Gasteiger partial charge on any atom is 0.419 e. The van der Waals surface area contributed by atoms with Gasteiger partial charge in [-0.3, -0.25) is 0 Å². The first kappa shape index (κ1) is 27.9. The Morgan fingerprint density at radius 2 is 1.34 bits per heavy atom. The molecule has 0 aliphatic carbocycles. The Hall–Kier alpha value is -3.10. The lowest BCUT2D eigenvalue weighted by atomic mass is 10.2. The number of anilines is 4. The number of rotatable bonds is 6. The molecule has 0 radical (unpaired) electrons. The predicted molar refractivity (Wildman–Crippen MR) is 162 cm³/mol. The SMILES string of the molecule is CN(C)c1ccc2c(c1)Sc1cc(N(C)C)ccc1N2C(=O)OCc1ccc(O[Si](C)(C)C(C)(C)C)cc1. The Kier molecular flexibility index (Phi) is 7.77. The first-order valence-electron chi connectivity index (χ1n) is 12.8. The number of fused-ring (bicyclic) bond motifs is 2. The summed E-state index contributed by atoms with van der Waals surface area (Å²) in [6.07, 6.45) is -0.399. The second-order valence-electron chi connectivity index (χ2n) is 11.6. The number of benzene rings is 3. The minimum atomic E-state index is -1.91. The van der Waals surface area contributed by atoms with Crippen LogP contribution in [0, 0.1) is 0 Å². The molecule has 8 heteroatoms. The molecule has 4 rings (SSSR count). The van der Waals surface area contributed by atoms with Crippen molar-refractivity contribution in [1.29, 1.82) is 0 Å². The van der Waals surface area contributed by atoms with Crippen LogP contribution in [0.25, 0.3) is 0 Å². The van der Waals surface area contributed by atoms with Crippen molar-refractivity contribution < 1.29 is 14.0 Å². The van der Waals surface area contributed by atoms with E-state index in [1.54, 1.807) is 16.7 Å². The van der Waals surface area contributed by atoms with Crippen LogP contribution in [0.3, 0.4) is 0 Å². The lowest BCUT2D eigenvalue weighted by Gasteiger charge is -2.36. The standard InChI is InChI=1S/C30H39N3O3SSi/c1-30(2,3)38(8,9)36-24-14-10-21(11-15-24)20-35-29(34)33-25-16-12-22(31(4)5)18-27(25)37-28-19-23(32(6)7)13-17-26(28)33/h10-19H,20H2,1-9H3. The molecule has 0 N–H and O–H groups in total. The largest absolute Gasteiger partial charge is 0.544 e. The van der Waals surface area contributed by atoms with Gasteiger partial charge in [0, 0.05) is 49.4 Å². The smallest absolute Gasteiger partial charge is 0.419 e. The van der Waals surface area contributed by atoms with Crippen LogP contribution in [0.4, 0.5) is 27.5 Å². The summed E-state index contributed by atoms with van der Waals surface area (Å²) in [7, 11) is 6.15. The fourth-order valence-corrected chi connectivity index (χ4v) is 6.01. The van der Waals surface area contributed by atoms with Gasteiger partial charge in [-0.2, -0.15) is 0 Å². The monoisotopic (exact) mass is 549 g/mol. The number of carbonyl (C=O) groups is 1. The van der Waals surface area contributed by atoms with E-state index in [2.05, 4.69) is 55.8 Å². The van der Waals surface area contributed by atoms with Crippen molar-refractivity contribution >= 4 is 48.9 Å². The number of hydrogen-bond donors (Lipinski definition) is 0. The molecule has 1 amide bonds. The van der Waals surface area contributed by atoms with Crippen LogP contribution >= 0.6 is 11.8 Å². The molecule has 0 bridgehead atoms. The lowest BCUT2D eigenvalue weighted by molar-refractivity contribution is 0.149. The molecule has 0 aromatic heterocycles. The molecule has 0 fully saturated rings. The molecule has 0 unspecified atom stereocenters. The molecule has 0 saturated heterocycles. The van der Waals surface area contributed by atoms with Gasteiger partial charge in [0.1, 0.15) is 12.4 Å². The van der Waals surface area contributed by atoms with Crippen molar-refractivity contribution in [2.24, 2.45) is 0 Å². The highest BCUT2D eigenvalue weighted by molar-refractivity contribution is 7.99. The van der Waals surface area contributed by atoms with Crippen molar-refractivity contribution in [2.45, 2.75) is 55.3 Å². The third kappa shape index (κ3) is 5.81. The first-order valence-corrected chi connectivity index (χ1v) is 16.5. The van der Waals surface area contributed by atoms with Gasteiger partial charge in [0.25, 0.3) is 0 Å². The van der Waals surface area contributed by atoms with E-state index < -0.39 is 14.4 Å². The Balaban J connectivity index is 1.56. The van der Waals surface area contributed by atoms with Crippen molar-refractivity contribution in [3.05, 3.63) is 66.2 Å². The molecule has 0 spiro atoms. The molecule has 3 aromatic rings. The summed E-state index contributed by atoms with van der Waals surface area (Å²) in [6.45, 7) is 11.3. The van der Waals surface area contributed by atoms with Gasteiger partial charge in [0.2, 0.25) is 8.32 Å². The van der Waals surface area contributed by atoms with Crippen LogP contribution in [0.1, 0.15) is 26.3 Å². The van der Waals surface area contributed by atoms with E-state index in [-0.39, 0.29) is 11.6 Å². The number of hydrogen-bond acceptors (Lipinski definition) is 6. The summed E-state index contributed by atoms with van der Waals surface area (Å²) >= 11 is 1.68. The quantitative estimate of drug-likeness (QED) is 0.289. The van der Waals surface area contributed by atoms with Gasteiger partial charge in [-0.1, -0.05) is 44.7 Å². The Morgan fingerprint density at radius 1 is 0.842 bits per heavy atom. The van der Waals surface area contributed by atoms with Crippen LogP contribution in [0.15, 0.2) is 70.5 Å². The summed E-state index contributed by atoms with van der Waals surface area (Å²) < 4.78 is 12.2. The molecular formula is C30H39N3O3SSi. The molecule has 0 saturated carbocycles. The number of nitrogens with zero attached hydrogens (tertiary/aromatic N) is 3. The predicted octanol–water partition coefficient (Wildman–Crippen LogP) is 8.14. The summed E-state index contributed by atoms with van der Waals surface area (Å²) in [5.41, 5.74) is 4.73. The Labute approximate surface area is 232 Å². The average molecular weight is 550 g/mol. The van der Waals surface area contributed by atoms with E-state index in [0.29, 0.717) is 0 Å². The van der Waals surface area contributed by atoms with E-state index in [1.807, 2.05) is 76.7 Å². The Morgan fingerprint density at radius 3 is 1.79 bits per heavy atom. The second-order valence-corrected chi connectivity index (χ2v) is 17.4. The van der Waals surface area contributed by atoms with Crippen molar-refractivity contribution in [3.63, 3.8) is 0 Å². The van der Waals surface area contributed by atoms with Gasteiger partial charge in [0.05, 0.1) is 11.4 Å². The zero-order valence-electron chi connectivity index (χ0n) is 24.0. The number of ether oxygens (including phenoxy) is 1. The highest BCUT2D eigenvalue weighted by Crippen LogP contribution is 2.50. The molecule has 6 nitrogen and oxygen atoms in total. The van der Waals surface area contributed by atoms with Gasteiger partial charge >= 0.3 is 6.09 Å². The van der Waals surface area contributed by atoms with Crippen LogP contribution < -0.4 is 19.1 Å². The van der Waals surface area contributed by atoms with Gasteiger partial charge in [-0.15, -0.1) is 0 Å². The summed E-state index contributed by atoms with van der Waals surface area (Å²) in [5.74, 6) is 0.857. The summed E-state index contributed by atoms with van der Waals surface area (Å²) in [6, 6.07) is 20.2. The van der Waals surface area contributed by atoms with E-state index in [4.69, 9.17) is 9.16 Å². The Bertz CT molecular complexity index is 1260. The lowest BCUT2D eigenvalue weighted by Crippen LogP contribution is -2.43. The first-order chi connectivity index (χ1) is 17.8. The minimum absolute atomic E-state index is 0.126. The van der Waals surface area contributed by atoms with Gasteiger partial charge in [0.15, 0.2) is 0 Å². The van der Waals surface area contributed by atoms with E-state index in [9.17, 15) is 4.79 Å². The average Bonchev–Trinajstić information content (AvgIpc) is 2.85. The molecule has 3 aromatic carbocycles. The van der Waals surface area contributed by atoms with Gasteiger partial charge in [-0.05, 0) is 72.2 Å². The molecule has 38 heavy (non-hydrogen) atoms. The van der Waals surface area contributed by atoms with Crippen LogP contribution in [0.5, 0.6) is 5.75 Å². The van der Waals surface area contributed by atoms with Crippen LogP contribution in [-0.4, -0.2) is 42.6 Å². The minimum Gasteiger partial charge on any atom is -0.544 e. The zero-order valence-corrected chi connectivity index (χ0v) is 25.8. The van der Waals surface area contributed by atoms with Crippen molar-refractivity contribution in [3.8, 4) is 5.75 Å². The second kappa shape index (κ2) is 10.6. The fraction of sp³-hybridized carbons (Fsp3) is 0.367. The molecular weight excluding hydrogens is 511 g/mol. The summed E-state index contributed by atoms with van der Waals surface area (Å²) in [4.78, 5) is 21.4. The molecule has 1 aliphatic heterocycles. The molecule has 1 aliphatic rings. The maximum atomic E-state index is 13.6. The molecule has 0 atom stereocenters. The van der Waals surface area contributed by atoms with Gasteiger partial charge < -0.3 is 19.0 Å². The third-order valence-electron chi connectivity index (χ3n) is 7.27. The maximum absolute atomic E-state index is 13.6. The van der Waals surface area contributed by atoms with Gasteiger partial charge in [-0.25, -0.2) is 9.69 Å². The summed E-state index contributed by atoms with van der Waals surface area (Å²) in [5, 5.41) is 0.126. The number of carbonyl (C=O) groups excluding carboxylic acids is 1. The third-order valence-corrected chi connectivity index (χ3v) is 12.7.